The van der Waals surface area contributed by atoms with Gasteiger partial charge in [0, 0.05) is 18.9 Å². The maximum atomic E-state index is 13.0. The van der Waals surface area contributed by atoms with Crippen LogP contribution in [0.25, 0.3) is 0 Å². The van der Waals surface area contributed by atoms with Crippen LogP contribution in [0.4, 0.5) is 0 Å². The van der Waals surface area contributed by atoms with Crippen LogP contribution in [0.2, 0.25) is 0 Å². The largest absolute Gasteiger partial charge is 0.481 e. The summed E-state index contributed by atoms with van der Waals surface area (Å²) in [5, 5.41) is 9.90. The van der Waals surface area contributed by atoms with Gasteiger partial charge in [-0.1, -0.05) is 6.58 Å². The van der Waals surface area contributed by atoms with Crippen molar-refractivity contribution in [2.75, 3.05) is 0 Å². The molecule has 0 saturated heterocycles. The lowest BCUT2D eigenvalue weighted by Gasteiger charge is -2.63. The van der Waals surface area contributed by atoms with Gasteiger partial charge < -0.3 is 14.6 Å². The van der Waals surface area contributed by atoms with Crippen molar-refractivity contribution >= 4 is 17.9 Å². The Bertz CT molecular complexity index is 647. The average Bonchev–Trinajstić information content (AvgIpc) is 2.43. The monoisotopic (exact) mass is 350 g/mol. The molecule has 0 aromatic heterocycles. The summed E-state index contributed by atoms with van der Waals surface area (Å²) in [6.45, 7) is 8.82. The van der Waals surface area contributed by atoms with Crippen molar-refractivity contribution in [3.8, 4) is 0 Å². The number of aliphatic carboxylic acids is 1. The third-order valence-electron chi connectivity index (χ3n) is 5.79. The van der Waals surface area contributed by atoms with E-state index in [1.807, 2.05) is 0 Å². The normalized spacial score (nSPS) is 38.9. The number of carboxylic acids is 1. The number of hydrogen-bond acceptors (Lipinski definition) is 5. The van der Waals surface area contributed by atoms with Gasteiger partial charge in [-0.25, -0.2) is 4.79 Å². The van der Waals surface area contributed by atoms with E-state index in [4.69, 9.17) is 9.47 Å². The highest BCUT2D eigenvalue weighted by Crippen LogP contribution is 2.68. The second kappa shape index (κ2) is 5.32. The molecule has 0 aromatic carbocycles. The zero-order valence-corrected chi connectivity index (χ0v) is 15.1. The zero-order chi connectivity index (χ0) is 18.7. The number of carbonyl (C=O) groups excluding carboxylic acids is 2. The van der Waals surface area contributed by atoms with Crippen molar-refractivity contribution in [1.82, 2.24) is 0 Å². The molecule has 25 heavy (non-hydrogen) atoms. The van der Waals surface area contributed by atoms with E-state index < -0.39 is 34.0 Å². The Morgan fingerprint density at radius 1 is 1.08 bits per heavy atom. The molecule has 0 radical (unpaired) electrons. The molecule has 0 aromatic rings. The highest BCUT2D eigenvalue weighted by atomic mass is 16.6. The lowest BCUT2D eigenvalue weighted by molar-refractivity contribution is -0.235. The van der Waals surface area contributed by atoms with E-state index in [0.717, 1.165) is 6.08 Å². The molecular weight excluding hydrogens is 324 g/mol. The van der Waals surface area contributed by atoms with Crippen molar-refractivity contribution < 1.29 is 29.0 Å². The van der Waals surface area contributed by atoms with Crippen molar-refractivity contribution in [3.05, 3.63) is 12.7 Å². The second-order valence-corrected chi connectivity index (χ2v) is 9.18. The van der Waals surface area contributed by atoms with Gasteiger partial charge in [-0.3, -0.25) is 9.59 Å². The molecule has 4 fully saturated rings. The molecule has 0 amide bonds. The van der Waals surface area contributed by atoms with Gasteiger partial charge >= 0.3 is 17.9 Å². The van der Waals surface area contributed by atoms with Crippen LogP contribution in [-0.4, -0.2) is 34.2 Å². The molecule has 6 heteroatoms. The van der Waals surface area contributed by atoms with Gasteiger partial charge in [-0.05, 0) is 52.4 Å². The summed E-state index contributed by atoms with van der Waals surface area (Å²) >= 11 is 0. The smallest absolute Gasteiger partial charge is 0.330 e. The molecule has 4 rings (SSSR count). The molecule has 6 nitrogen and oxygen atoms in total. The summed E-state index contributed by atoms with van der Waals surface area (Å²) in [6, 6.07) is 0. The van der Waals surface area contributed by atoms with Crippen LogP contribution in [0.3, 0.4) is 0 Å². The standard InChI is InChI=1S/C19H26O6/c1-5-13(20)24-19-8-12-6-17(10-19,14(21)22)9-18(7-12,11-19)15(23)25-16(2,3)4/h5,12H,1,6-11H2,2-4H3,(H,21,22). The molecule has 1 N–H and O–H groups in total. The Labute approximate surface area is 147 Å². The van der Waals surface area contributed by atoms with Gasteiger partial charge in [0.1, 0.15) is 11.2 Å². The molecular formula is C19H26O6. The molecule has 4 aliphatic carbocycles. The van der Waals surface area contributed by atoms with Crippen LogP contribution in [-0.2, 0) is 23.9 Å². The van der Waals surface area contributed by atoms with Crippen LogP contribution in [0.5, 0.6) is 0 Å². The van der Waals surface area contributed by atoms with E-state index in [9.17, 15) is 19.5 Å². The predicted octanol–water partition coefficient (Wildman–Crippen LogP) is 2.85. The van der Waals surface area contributed by atoms with Crippen LogP contribution < -0.4 is 0 Å². The quantitative estimate of drug-likeness (QED) is 0.619. The molecule has 4 atom stereocenters. The molecule has 138 valence electrons. The summed E-state index contributed by atoms with van der Waals surface area (Å²) in [5.41, 5.74) is -3.49. The molecule has 4 aliphatic rings. The van der Waals surface area contributed by atoms with Gasteiger partial charge in [0.15, 0.2) is 0 Å². The fourth-order valence-corrected chi connectivity index (χ4v) is 5.57. The van der Waals surface area contributed by atoms with Crippen molar-refractivity contribution in [1.29, 1.82) is 0 Å². The van der Waals surface area contributed by atoms with Gasteiger partial charge in [0.05, 0.1) is 10.8 Å². The number of hydrogen-bond donors (Lipinski definition) is 1. The summed E-state index contributed by atoms with van der Waals surface area (Å²) in [4.78, 5) is 37.0. The van der Waals surface area contributed by atoms with Crippen molar-refractivity contribution in [2.24, 2.45) is 16.7 Å². The SMILES string of the molecule is C=CC(=O)OC12CC3CC(C(=O)O)(C1)CC(C(=O)OC(C)(C)C)(C3)C2. The van der Waals surface area contributed by atoms with E-state index >= 15 is 0 Å². The van der Waals surface area contributed by atoms with E-state index in [1.54, 1.807) is 20.8 Å². The maximum absolute atomic E-state index is 13.0. The lowest BCUT2D eigenvalue weighted by atomic mass is 9.42. The van der Waals surface area contributed by atoms with Crippen molar-refractivity contribution in [2.45, 2.75) is 70.5 Å². The molecule has 0 heterocycles. The predicted molar refractivity (Wildman–Crippen MR) is 88.6 cm³/mol. The Hall–Kier alpha value is -1.85. The third-order valence-corrected chi connectivity index (χ3v) is 5.79. The minimum atomic E-state index is -1.03. The summed E-state index contributed by atoms with van der Waals surface area (Å²) in [5.74, 6) is -1.81. The first kappa shape index (κ1) is 18.0. The fourth-order valence-electron chi connectivity index (χ4n) is 5.57. The van der Waals surface area contributed by atoms with Gasteiger partial charge in [0.25, 0.3) is 0 Å². The molecule has 0 spiro atoms. The van der Waals surface area contributed by atoms with E-state index in [1.165, 1.54) is 0 Å². The summed E-state index contributed by atoms with van der Waals surface area (Å²) in [7, 11) is 0. The Morgan fingerprint density at radius 3 is 2.24 bits per heavy atom. The lowest BCUT2D eigenvalue weighted by Crippen LogP contribution is -2.65. The van der Waals surface area contributed by atoms with Gasteiger partial charge in [-0.15, -0.1) is 0 Å². The molecule has 4 bridgehead atoms. The van der Waals surface area contributed by atoms with Crippen molar-refractivity contribution in [3.63, 3.8) is 0 Å². The average molecular weight is 350 g/mol. The Morgan fingerprint density at radius 2 is 1.68 bits per heavy atom. The summed E-state index contributed by atoms with van der Waals surface area (Å²) in [6.07, 6.45) is 3.67. The molecule has 4 unspecified atom stereocenters. The highest BCUT2D eigenvalue weighted by Gasteiger charge is 2.70. The number of rotatable bonds is 4. The highest BCUT2D eigenvalue weighted by molar-refractivity contribution is 5.84. The third kappa shape index (κ3) is 2.96. The van der Waals surface area contributed by atoms with Crippen LogP contribution in [0.1, 0.15) is 59.3 Å². The van der Waals surface area contributed by atoms with Crippen LogP contribution in [0, 0.1) is 16.7 Å². The van der Waals surface area contributed by atoms with Gasteiger partial charge in [-0.2, -0.15) is 0 Å². The molecule has 4 saturated carbocycles. The number of carbonyl (C=O) groups is 3. The zero-order valence-electron chi connectivity index (χ0n) is 15.1. The topological polar surface area (TPSA) is 89.9 Å². The first-order chi connectivity index (χ1) is 11.4. The van der Waals surface area contributed by atoms with Gasteiger partial charge in [0.2, 0.25) is 0 Å². The minimum Gasteiger partial charge on any atom is -0.481 e. The number of ether oxygens (including phenoxy) is 2. The first-order valence-electron chi connectivity index (χ1n) is 8.76. The minimum absolute atomic E-state index is 0.0393. The fraction of sp³-hybridized carbons (Fsp3) is 0.737. The van der Waals surface area contributed by atoms with E-state index in [-0.39, 0.29) is 24.7 Å². The Balaban J connectivity index is 2.00. The molecule has 0 aliphatic heterocycles. The Kier molecular flexibility index (Phi) is 3.82. The number of carboxylic acid groups (broad SMARTS) is 1. The second-order valence-electron chi connectivity index (χ2n) is 9.18. The summed E-state index contributed by atoms with van der Waals surface area (Å²) < 4.78 is 11.3. The van der Waals surface area contributed by atoms with E-state index in [2.05, 4.69) is 6.58 Å². The van der Waals surface area contributed by atoms with Crippen LogP contribution in [0.15, 0.2) is 12.7 Å². The van der Waals surface area contributed by atoms with Crippen LogP contribution >= 0.6 is 0 Å². The number of esters is 2. The first-order valence-corrected chi connectivity index (χ1v) is 8.76. The maximum Gasteiger partial charge on any atom is 0.330 e. The van der Waals surface area contributed by atoms with E-state index in [0.29, 0.717) is 25.7 Å².